The summed E-state index contributed by atoms with van der Waals surface area (Å²) in [5.41, 5.74) is 9.28. The predicted octanol–water partition coefficient (Wildman–Crippen LogP) is 2.68. The van der Waals surface area contributed by atoms with Crippen molar-refractivity contribution < 1.29 is 4.42 Å². The third-order valence-electron chi connectivity index (χ3n) is 4.84. The number of aryl methyl sites for hydroxylation is 1. The third kappa shape index (κ3) is 3.08. The maximum absolute atomic E-state index is 12.8. The molecule has 4 rings (SSSR count). The first-order valence-electron chi connectivity index (χ1n) is 9.02. The lowest BCUT2D eigenvalue weighted by molar-refractivity contribution is 0.241. The lowest BCUT2D eigenvalue weighted by atomic mass is 10.1. The Bertz CT molecular complexity index is 1010. The molecule has 6 heteroatoms. The van der Waals surface area contributed by atoms with Gasteiger partial charge in [0.2, 0.25) is 0 Å². The van der Waals surface area contributed by atoms with E-state index < -0.39 is 0 Å². The highest BCUT2D eigenvalue weighted by atomic mass is 16.3. The molecule has 0 aliphatic carbocycles. The number of benzene rings is 1. The Morgan fingerprint density at radius 2 is 2.15 bits per heavy atom. The van der Waals surface area contributed by atoms with Gasteiger partial charge in [0.25, 0.3) is 0 Å². The van der Waals surface area contributed by atoms with E-state index in [1.807, 2.05) is 18.3 Å². The molecule has 26 heavy (non-hydrogen) atoms. The van der Waals surface area contributed by atoms with Crippen LogP contribution in [0.15, 0.2) is 39.7 Å². The number of nitrogens with zero attached hydrogens (tertiary/aromatic N) is 3. The van der Waals surface area contributed by atoms with Crippen molar-refractivity contribution in [1.82, 2.24) is 14.9 Å². The summed E-state index contributed by atoms with van der Waals surface area (Å²) in [6.07, 6.45) is 4.73. The number of hydrogen-bond acceptors (Lipinski definition) is 6. The van der Waals surface area contributed by atoms with Gasteiger partial charge in [0.05, 0.1) is 10.9 Å². The number of nitrogens with two attached hydrogens (primary N) is 1. The molecule has 2 aromatic heterocycles. The summed E-state index contributed by atoms with van der Waals surface area (Å²) in [6, 6.07) is 7.21. The fourth-order valence-corrected chi connectivity index (χ4v) is 3.47. The van der Waals surface area contributed by atoms with E-state index in [9.17, 15) is 4.79 Å². The zero-order valence-electron chi connectivity index (χ0n) is 14.9. The summed E-state index contributed by atoms with van der Waals surface area (Å²) in [4.78, 5) is 24.1. The van der Waals surface area contributed by atoms with Crippen LogP contribution in [0.4, 0.5) is 5.88 Å². The highest BCUT2D eigenvalue weighted by Gasteiger charge is 2.21. The average Bonchev–Trinajstić information content (AvgIpc) is 2.65. The van der Waals surface area contributed by atoms with Gasteiger partial charge in [-0.1, -0.05) is 19.1 Å². The molecule has 1 aliphatic heterocycles. The molecule has 0 unspecified atom stereocenters. The molecule has 1 aromatic carbocycles. The van der Waals surface area contributed by atoms with Crippen molar-refractivity contribution >= 4 is 16.9 Å². The molecule has 6 nitrogen and oxygen atoms in total. The van der Waals surface area contributed by atoms with Crippen LogP contribution in [-0.2, 0) is 25.9 Å². The Morgan fingerprint density at radius 3 is 3.00 bits per heavy atom. The smallest absolute Gasteiger partial charge is 0.199 e. The lowest BCUT2D eigenvalue weighted by Gasteiger charge is -2.28. The maximum atomic E-state index is 12.8. The molecule has 0 spiro atoms. The van der Waals surface area contributed by atoms with Gasteiger partial charge in [-0.05, 0) is 18.6 Å². The first-order valence-corrected chi connectivity index (χ1v) is 9.02. The molecule has 134 valence electrons. The Labute approximate surface area is 151 Å². The fourth-order valence-electron chi connectivity index (χ4n) is 3.47. The van der Waals surface area contributed by atoms with E-state index in [2.05, 4.69) is 21.8 Å². The highest BCUT2D eigenvalue weighted by Crippen LogP contribution is 2.22. The Kier molecular flexibility index (Phi) is 4.42. The molecule has 0 radical (unpaired) electrons. The van der Waals surface area contributed by atoms with Gasteiger partial charge < -0.3 is 10.2 Å². The molecule has 0 fully saturated rings. The minimum absolute atomic E-state index is 0.0512. The SMILES string of the molecule is CCCc1ncc2c(n1)CCN(Cc1c(N)oc3ccccc3c1=O)C2. The number of hydrogen-bond donors (Lipinski definition) is 1. The Morgan fingerprint density at radius 1 is 1.31 bits per heavy atom. The summed E-state index contributed by atoms with van der Waals surface area (Å²) in [5, 5.41) is 0.571. The van der Waals surface area contributed by atoms with E-state index in [4.69, 9.17) is 10.2 Å². The van der Waals surface area contributed by atoms with Gasteiger partial charge in [0.15, 0.2) is 11.3 Å². The molecule has 3 aromatic rings. The molecular formula is C20H22N4O2. The van der Waals surface area contributed by atoms with Crippen LogP contribution in [-0.4, -0.2) is 21.4 Å². The molecular weight excluding hydrogens is 328 g/mol. The fraction of sp³-hybridized carbons (Fsp3) is 0.350. The summed E-state index contributed by atoms with van der Waals surface area (Å²) >= 11 is 0. The summed E-state index contributed by atoms with van der Waals surface area (Å²) < 4.78 is 5.65. The van der Waals surface area contributed by atoms with E-state index in [1.54, 1.807) is 12.1 Å². The van der Waals surface area contributed by atoms with Gasteiger partial charge in [-0.15, -0.1) is 0 Å². The molecule has 0 atom stereocenters. The monoisotopic (exact) mass is 350 g/mol. The number of para-hydroxylation sites is 1. The van der Waals surface area contributed by atoms with Gasteiger partial charge in [0.1, 0.15) is 11.4 Å². The van der Waals surface area contributed by atoms with Crippen molar-refractivity contribution in [2.24, 2.45) is 0 Å². The van der Waals surface area contributed by atoms with E-state index in [0.29, 0.717) is 29.6 Å². The van der Waals surface area contributed by atoms with Crippen LogP contribution in [0, 0.1) is 0 Å². The minimum atomic E-state index is -0.0512. The molecule has 1 aliphatic rings. The zero-order chi connectivity index (χ0) is 18.1. The second-order valence-electron chi connectivity index (χ2n) is 6.74. The van der Waals surface area contributed by atoms with Crippen molar-refractivity contribution in [2.75, 3.05) is 12.3 Å². The van der Waals surface area contributed by atoms with E-state index in [-0.39, 0.29) is 11.3 Å². The van der Waals surface area contributed by atoms with Crippen LogP contribution >= 0.6 is 0 Å². The first kappa shape index (κ1) is 16.7. The van der Waals surface area contributed by atoms with Crippen LogP contribution in [0.25, 0.3) is 11.0 Å². The second-order valence-corrected chi connectivity index (χ2v) is 6.74. The van der Waals surface area contributed by atoms with Gasteiger partial charge in [-0.2, -0.15) is 0 Å². The number of rotatable bonds is 4. The summed E-state index contributed by atoms with van der Waals surface area (Å²) in [5.74, 6) is 1.12. The molecule has 0 saturated heterocycles. The van der Waals surface area contributed by atoms with Crippen LogP contribution in [0.3, 0.4) is 0 Å². The summed E-state index contributed by atoms with van der Waals surface area (Å²) in [6.45, 7) is 4.15. The predicted molar refractivity (Wildman–Crippen MR) is 101 cm³/mol. The van der Waals surface area contributed by atoms with Crippen molar-refractivity contribution in [3.63, 3.8) is 0 Å². The lowest BCUT2D eigenvalue weighted by Crippen LogP contribution is -2.33. The quantitative estimate of drug-likeness (QED) is 0.779. The van der Waals surface area contributed by atoms with Crippen LogP contribution in [0.1, 0.15) is 36.0 Å². The van der Waals surface area contributed by atoms with Crippen molar-refractivity contribution in [1.29, 1.82) is 0 Å². The molecule has 0 bridgehead atoms. The Hall–Kier alpha value is -2.73. The number of aromatic nitrogens is 2. The van der Waals surface area contributed by atoms with Gasteiger partial charge >= 0.3 is 0 Å². The normalized spacial score (nSPS) is 14.5. The molecule has 3 heterocycles. The molecule has 0 saturated carbocycles. The van der Waals surface area contributed by atoms with Crippen molar-refractivity contribution in [2.45, 2.75) is 39.3 Å². The molecule has 2 N–H and O–H groups in total. The van der Waals surface area contributed by atoms with Crippen molar-refractivity contribution in [3.05, 3.63) is 63.3 Å². The summed E-state index contributed by atoms with van der Waals surface area (Å²) in [7, 11) is 0. The standard InChI is InChI=1S/C20H22N4O2/c1-2-5-18-22-10-13-11-24(9-8-16(13)23-18)12-15-19(25)14-6-3-4-7-17(14)26-20(15)21/h3-4,6-7,10H,2,5,8-9,11-12,21H2,1H3. The largest absolute Gasteiger partial charge is 0.440 e. The van der Waals surface area contributed by atoms with Crippen LogP contribution in [0.5, 0.6) is 0 Å². The van der Waals surface area contributed by atoms with Crippen molar-refractivity contribution in [3.8, 4) is 0 Å². The number of fused-ring (bicyclic) bond motifs is 2. The minimum Gasteiger partial charge on any atom is -0.440 e. The average molecular weight is 350 g/mol. The maximum Gasteiger partial charge on any atom is 0.199 e. The first-order chi connectivity index (χ1) is 12.7. The highest BCUT2D eigenvalue weighted by molar-refractivity contribution is 5.78. The van der Waals surface area contributed by atoms with Crippen LogP contribution in [0.2, 0.25) is 0 Å². The van der Waals surface area contributed by atoms with E-state index >= 15 is 0 Å². The van der Waals surface area contributed by atoms with Gasteiger partial charge in [0, 0.05) is 49.9 Å². The zero-order valence-corrected chi connectivity index (χ0v) is 14.9. The number of anilines is 1. The topological polar surface area (TPSA) is 85.2 Å². The van der Waals surface area contributed by atoms with Gasteiger partial charge in [-0.25, -0.2) is 9.97 Å². The Balaban J connectivity index is 1.59. The van der Waals surface area contributed by atoms with E-state index in [1.165, 1.54) is 0 Å². The molecule has 0 amide bonds. The van der Waals surface area contributed by atoms with E-state index in [0.717, 1.165) is 42.9 Å². The third-order valence-corrected chi connectivity index (χ3v) is 4.84. The number of nitrogen functional groups attached to an aromatic ring is 1. The van der Waals surface area contributed by atoms with Crippen LogP contribution < -0.4 is 11.2 Å². The van der Waals surface area contributed by atoms with Gasteiger partial charge in [-0.3, -0.25) is 9.69 Å². The second kappa shape index (κ2) is 6.88.